The van der Waals surface area contributed by atoms with Crippen molar-refractivity contribution < 1.29 is 64.6 Å². The third-order valence-corrected chi connectivity index (χ3v) is 18.2. The molecule has 12 unspecified atom stereocenters. The van der Waals surface area contributed by atoms with Crippen LogP contribution in [0, 0.1) is 0 Å². The van der Waals surface area contributed by atoms with Crippen LogP contribution in [0.15, 0.2) is 97.2 Å². The van der Waals surface area contributed by atoms with Gasteiger partial charge in [0.1, 0.15) is 48.8 Å². The van der Waals surface area contributed by atoms with Crippen molar-refractivity contribution in [3.8, 4) is 0 Å². The fraction of sp³-hybridized carbons (Fsp3) is 0.787. The van der Waals surface area contributed by atoms with Gasteiger partial charge in [-0.05, 0) is 89.9 Å². The molecule has 2 rings (SSSR count). The van der Waals surface area contributed by atoms with Crippen LogP contribution in [0.1, 0.15) is 309 Å². The SMILES string of the molecule is CC/C=C\C/C=C\C/C=C\C/C=C\C/C=C\CCCCCCCCCCCCCCCCCCCC(=O)NC(COC1OC(CO)C(OC2OC(CO)C(O)C(O)C2O)C(O)C1O)C(O)/C=C/CC/C=C/CC/C=C/CCCCCCCCCCCCCCCCCCC. The summed E-state index contributed by atoms with van der Waals surface area (Å²) in [4.78, 5) is 13.4. The van der Waals surface area contributed by atoms with Crippen molar-refractivity contribution in [2.24, 2.45) is 0 Å². The van der Waals surface area contributed by atoms with Gasteiger partial charge in [0.2, 0.25) is 5.91 Å². The van der Waals surface area contributed by atoms with Gasteiger partial charge in [-0.3, -0.25) is 4.79 Å². The molecule has 2 aliphatic rings. The Balaban J connectivity index is 1.66. The maximum absolute atomic E-state index is 13.4. The predicted octanol–water partition coefficient (Wildman–Crippen LogP) is 16.9. The van der Waals surface area contributed by atoms with E-state index in [1.807, 2.05) is 6.08 Å². The fourth-order valence-corrected chi connectivity index (χ4v) is 12.2. The van der Waals surface area contributed by atoms with E-state index in [0.717, 1.165) is 77.0 Å². The van der Waals surface area contributed by atoms with E-state index in [1.165, 1.54) is 199 Å². The number of allylic oxidation sites excluding steroid dienone is 15. The van der Waals surface area contributed by atoms with Gasteiger partial charge in [-0.2, -0.15) is 0 Å². The molecule has 12 atom stereocenters. The van der Waals surface area contributed by atoms with Gasteiger partial charge >= 0.3 is 0 Å². The van der Waals surface area contributed by atoms with Crippen molar-refractivity contribution in [3.63, 3.8) is 0 Å². The van der Waals surface area contributed by atoms with Gasteiger partial charge in [0, 0.05) is 6.42 Å². The van der Waals surface area contributed by atoms with Gasteiger partial charge in [0.25, 0.3) is 0 Å². The molecule has 2 aliphatic heterocycles. The van der Waals surface area contributed by atoms with E-state index in [2.05, 4.69) is 104 Å². The van der Waals surface area contributed by atoms with Gasteiger partial charge in [0.05, 0.1) is 32.0 Å². The summed E-state index contributed by atoms with van der Waals surface area (Å²) < 4.78 is 22.9. The second-order valence-electron chi connectivity index (χ2n) is 26.7. The molecular formula is C80H141NO13. The summed E-state index contributed by atoms with van der Waals surface area (Å²) in [6, 6.07) is -0.944. The highest BCUT2D eigenvalue weighted by Crippen LogP contribution is 2.30. The minimum Gasteiger partial charge on any atom is -0.394 e. The molecule has 0 aromatic carbocycles. The Morgan fingerprint density at radius 2 is 0.745 bits per heavy atom. The van der Waals surface area contributed by atoms with Gasteiger partial charge in [0.15, 0.2) is 12.6 Å². The summed E-state index contributed by atoms with van der Waals surface area (Å²) in [5.41, 5.74) is 0. The third kappa shape index (κ3) is 46.2. The fourth-order valence-electron chi connectivity index (χ4n) is 12.2. The normalized spacial score (nSPS) is 23.0. The molecule has 9 N–H and O–H groups in total. The average Bonchev–Trinajstić information content (AvgIpc) is 0.794. The molecule has 0 spiro atoms. The Kier molecular flexibility index (Phi) is 58.6. The summed E-state index contributed by atoms with van der Waals surface area (Å²) >= 11 is 0. The summed E-state index contributed by atoms with van der Waals surface area (Å²) in [5.74, 6) is -0.252. The van der Waals surface area contributed by atoms with E-state index in [4.69, 9.17) is 18.9 Å². The molecule has 0 radical (unpaired) electrons. The predicted molar refractivity (Wildman–Crippen MR) is 387 cm³/mol. The monoisotopic (exact) mass is 1320 g/mol. The Bertz CT molecular complexity index is 1950. The lowest BCUT2D eigenvalue weighted by Gasteiger charge is -2.46. The number of carbonyl (C=O) groups excluding carboxylic acids is 1. The Morgan fingerprint density at radius 3 is 1.17 bits per heavy atom. The number of unbranched alkanes of at least 4 members (excludes halogenated alkanes) is 36. The van der Waals surface area contributed by atoms with Crippen molar-refractivity contribution in [1.29, 1.82) is 0 Å². The number of rotatable bonds is 63. The molecule has 0 aliphatic carbocycles. The second-order valence-corrected chi connectivity index (χ2v) is 26.7. The van der Waals surface area contributed by atoms with Gasteiger partial charge in [-0.1, -0.05) is 310 Å². The Hall–Kier alpha value is -3.09. The standard InChI is InChI=1S/C80H141NO13/c1-3-5-7-9-11-13-15-17-19-21-23-25-27-29-31-32-33-34-35-36-38-40-42-44-46-48-50-52-54-56-58-60-62-64-72(85)81-68(67-91-79-77(90)75(88)78(71(66-83)93-79)94-80-76(89)74(87)73(86)70(65-82)92-80)69(84)63-61-59-57-55-53-51-49-47-45-43-41-39-37-30-28-26-24-22-20-18-16-14-12-10-8-6-4-2/h5,7,11,13,17,19,23,25,29,31,45,47,53,55,61,63,68-71,73-80,82-84,86-90H,3-4,6,8-10,12,14-16,18,20-22,24,26-28,30,32-44,46,48-52,54,56-60,62,64-67H2,1-2H3,(H,81,85)/b7-5-,13-11-,19-17-,25-23-,31-29-,47-45+,55-53+,63-61+. The summed E-state index contributed by atoms with van der Waals surface area (Å²) in [6.07, 6.45) is 73.4. The molecule has 94 heavy (non-hydrogen) atoms. The number of amides is 1. The zero-order valence-corrected chi connectivity index (χ0v) is 59.4. The molecular weight excluding hydrogens is 1180 g/mol. The van der Waals surface area contributed by atoms with Crippen molar-refractivity contribution in [1.82, 2.24) is 5.32 Å². The van der Waals surface area contributed by atoms with Crippen molar-refractivity contribution in [3.05, 3.63) is 97.2 Å². The zero-order chi connectivity index (χ0) is 68.0. The lowest BCUT2D eigenvalue weighted by Crippen LogP contribution is -2.65. The first-order chi connectivity index (χ1) is 46.1. The van der Waals surface area contributed by atoms with Gasteiger partial charge in [-0.25, -0.2) is 0 Å². The highest BCUT2D eigenvalue weighted by molar-refractivity contribution is 5.76. The number of ether oxygens (including phenoxy) is 4. The molecule has 2 saturated heterocycles. The average molecular weight is 1330 g/mol. The lowest BCUT2D eigenvalue weighted by atomic mass is 9.97. The zero-order valence-electron chi connectivity index (χ0n) is 59.4. The summed E-state index contributed by atoms with van der Waals surface area (Å²) in [5, 5.41) is 87.6. The molecule has 1 amide bonds. The quantitative estimate of drug-likeness (QED) is 0.0204. The first-order valence-electron chi connectivity index (χ1n) is 38.5. The van der Waals surface area contributed by atoms with Crippen LogP contribution in [0.2, 0.25) is 0 Å². The Labute approximate surface area is 573 Å². The van der Waals surface area contributed by atoms with Crippen LogP contribution in [-0.4, -0.2) is 140 Å². The number of hydrogen-bond acceptors (Lipinski definition) is 13. The van der Waals surface area contributed by atoms with Crippen LogP contribution in [0.3, 0.4) is 0 Å². The molecule has 0 aromatic heterocycles. The van der Waals surface area contributed by atoms with Crippen LogP contribution in [0.4, 0.5) is 0 Å². The number of aliphatic hydroxyl groups excluding tert-OH is 8. The highest BCUT2D eigenvalue weighted by atomic mass is 16.7. The number of aliphatic hydroxyl groups is 8. The van der Waals surface area contributed by atoms with E-state index < -0.39 is 86.8 Å². The molecule has 544 valence electrons. The van der Waals surface area contributed by atoms with E-state index in [0.29, 0.717) is 12.8 Å². The highest BCUT2D eigenvalue weighted by Gasteiger charge is 2.51. The number of carbonyl (C=O) groups is 1. The van der Waals surface area contributed by atoms with Crippen LogP contribution >= 0.6 is 0 Å². The molecule has 0 aromatic rings. The van der Waals surface area contributed by atoms with Crippen molar-refractivity contribution in [2.75, 3.05) is 19.8 Å². The van der Waals surface area contributed by atoms with Crippen LogP contribution < -0.4 is 5.32 Å². The minimum atomic E-state index is -1.80. The first kappa shape index (κ1) is 87.0. The minimum absolute atomic E-state index is 0.252. The smallest absolute Gasteiger partial charge is 0.220 e. The molecule has 2 fully saturated rings. The van der Waals surface area contributed by atoms with Crippen LogP contribution in [0.25, 0.3) is 0 Å². The van der Waals surface area contributed by atoms with E-state index in [-0.39, 0.29) is 18.9 Å². The van der Waals surface area contributed by atoms with Crippen LogP contribution in [-0.2, 0) is 23.7 Å². The van der Waals surface area contributed by atoms with E-state index >= 15 is 0 Å². The van der Waals surface area contributed by atoms with Gasteiger partial charge in [-0.15, -0.1) is 0 Å². The maximum Gasteiger partial charge on any atom is 0.220 e. The van der Waals surface area contributed by atoms with E-state index in [1.54, 1.807) is 6.08 Å². The summed E-state index contributed by atoms with van der Waals surface area (Å²) in [7, 11) is 0. The third-order valence-electron chi connectivity index (χ3n) is 18.2. The Morgan fingerprint density at radius 1 is 0.394 bits per heavy atom. The topological polar surface area (TPSA) is 228 Å². The first-order valence-corrected chi connectivity index (χ1v) is 38.5. The van der Waals surface area contributed by atoms with Crippen molar-refractivity contribution >= 4 is 5.91 Å². The van der Waals surface area contributed by atoms with E-state index in [9.17, 15) is 45.6 Å². The lowest BCUT2D eigenvalue weighted by molar-refractivity contribution is -0.359. The largest absolute Gasteiger partial charge is 0.394 e. The van der Waals surface area contributed by atoms with Crippen molar-refractivity contribution in [2.45, 2.75) is 383 Å². The molecule has 14 nitrogen and oxygen atoms in total. The number of nitrogens with one attached hydrogen (secondary N) is 1. The molecule has 0 bridgehead atoms. The molecule has 14 heteroatoms. The molecule has 0 saturated carbocycles. The number of hydrogen-bond donors (Lipinski definition) is 9. The van der Waals surface area contributed by atoms with Gasteiger partial charge < -0.3 is 65.1 Å². The van der Waals surface area contributed by atoms with Crippen LogP contribution in [0.5, 0.6) is 0 Å². The summed E-state index contributed by atoms with van der Waals surface area (Å²) in [6.45, 7) is 2.70. The maximum atomic E-state index is 13.4. The molecule has 2 heterocycles. The second kappa shape index (κ2) is 63.4.